The summed E-state index contributed by atoms with van der Waals surface area (Å²) < 4.78 is 36.9. The lowest BCUT2D eigenvalue weighted by molar-refractivity contribution is 0.249. The van der Waals surface area contributed by atoms with Gasteiger partial charge >= 0.3 is 0 Å². The Balaban J connectivity index is 2.18. The third-order valence-corrected chi connectivity index (χ3v) is 5.40. The van der Waals surface area contributed by atoms with Gasteiger partial charge in [-0.1, -0.05) is 29.8 Å². The molecule has 1 atom stereocenters. The second-order valence-electron chi connectivity index (χ2n) is 5.63. The van der Waals surface area contributed by atoms with Gasteiger partial charge in [0.25, 0.3) is 0 Å². The van der Waals surface area contributed by atoms with Gasteiger partial charge in [0.1, 0.15) is 5.82 Å². The van der Waals surface area contributed by atoms with Crippen molar-refractivity contribution in [2.24, 2.45) is 0 Å². The van der Waals surface area contributed by atoms with Crippen LogP contribution in [0.3, 0.4) is 0 Å². The van der Waals surface area contributed by atoms with E-state index in [1.165, 1.54) is 12.3 Å². The molecule has 0 spiro atoms. The molecular formula is C17H19ClFNO2S. The SMILES string of the molecule is CC(c1ccc(S(C)(=O)=O)cc1)N(C)Cc1c(F)cccc1Cl. The molecule has 2 aromatic carbocycles. The van der Waals surface area contributed by atoms with Crippen LogP contribution in [0.15, 0.2) is 47.4 Å². The van der Waals surface area contributed by atoms with E-state index < -0.39 is 9.84 Å². The van der Waals surface area contributed by atoms with Crippen LogP contribution in [-0.2, 0) is 16.4 Å². The summed E-state index contributed by atoms with van der Waals surface area (Å²) in [5.41, 5.74) is 1.41. The van der Waals surface area contributed by atoms with Crippen LogP contribution < -0.4 is 0 Å². The number of nitrogens with zero attached hydrogens (tertiary/aromatic N) is 1. The third kappa shape index (κ3) is 4.31. The van der Waals surface area contributed by atoms with E-state index in [1.54, 1.807) is 36.4 Å². The van der Waals surface area contributed by atoms with Crippen molar-refractivity contribution in [3.8, 4) is 0 Å². The molecule has 0 radical (unpaired) electrons. The topological polar surface area (TPSA) is 37.4 Å². The highest BCUT2D eigenvalue weighted by molar-refractivity contribution is 7.90. The van der Waals surface area contributed by atoms with Crippen molar-refractivity contribution in [1.29, 1.82) is 0 Å². The zero-order valence-corrected chi connectivity index (χ0v) is 14.8. The molecule has 23 heavy (non-hydrogen) atoms. The average molecular weight is 356 g/mol. The van der Waals surface area contributed by atoms with Crippen LogP contribution in [0.4, 0.5) is 4.39 Å². The van der Waals surface area contributed by atoms with Gasteiger partial charge in [-0.05, 0) is 43.8 Å². The normalized spacial score (nSPS) is 13.3. The van der Waals surface area contributed by atoms with Crippen molar-refractivity contribution in [2.75, 3.05) is 13.3 Å². The highest BCUT2D eigenvalue weighted by atomic mass is 35.5. The molecule has 2 rings (SSSR count). The average Bonchev–Trinajstić information content (AvgIpc) is 2.49. The Morgan fingerprint density at radius 3 is 2.30 bits per heavy atom. The first-order valence-corrected chi connectivity index (χ1v) is 9.40. The first-order chi connectivity index (χ1) is 10.7. The molecule has 2 aromatic rings. The van der Waals surface area contributed by atoms with Crippen molar-refractivity contribution < 1.29 is 12.8 Å². The molecule has 0 saturated heterocycles. The molecule has 0 bridgehead atoms. The molecule has 0 aromatic heterocycles. The van der Waals surface area contributed by atoms with Gasteiger partial charge in [-0.3, -0.25) is 4.90 Å². The Morgan fingerprint density at radius 2 is 1.78 bits per heavy atom. The second-order valence-corrected chi connectivity index (χ2v) is 8.06. The maximum absolute atomic E-state index is 13.9. The first kappa shape index (κ1) is 17.9. The largest absolute Gasteiger partial charge is 0.295 e. The predicted molar refractivity (Wildman–Crippen MR) is 90.8 cm³/mol. The fourth-order valence-corrected chi connectivity index (χ4v) is 3.17. The predicted octanol–water partition coefficient (Wildman–Crippen LogP) is 4.08. The zero-order chi connectivity index (χ0) is 17.2. The first-order valence-electron chi connectivity index (χ1n) is 7.13. The van der Waals surface area contributed by atoms with Crippen LogP contribution in [-0.4, -0.2) is 26.6 Å². The van der Waals surface area contributed by atoms with Crippen LogP contribution in [0.1, 0.15) is 24.1 Å². The number of sulfone groups is 1. The summed E-state index contributed by atoms with van der Waals surface area (Å²) in [5.74, 6) is -0.330. The summed E-state index contributed by atoms with van der Waals surface area (Å²) in [4.78, 5) is 2.24. The Kier molecular flexibility index (Phi) is 5.45. The van der Waals surface area contributed by atoms with E-state index in [2.05, 4.69) is 0 Å². The lowest BCUT2D eigenvalue weighted by Gasteiger charge is -2.26. The summed E-state index contributed by atoms with van der Waals surface area (Å²) >= 11 is 6.06. The molecule has 0 amide bonds. The molecule has 0 aliphatic carbocycles. The lowest BCUT2D eigenvalue weighted by atomic mass is 10.1. The van der Waals surface area contributed by atoms with E-state index in [1.807, 2.05) is 18.9 Å². The maximum atomic E-state index is 13.9. The standard InChI is InChI=1S/C17H19ClFNO2S/c1-12(13-7-9-14(10-8-13)23(3,21)22)20(2)11-15-16(18)5-4-6-17(15)19/h4-10,12H,11H2,1-3H3. The minimum absolute atomic E-state index is 0.0146. The summed E-state index contributed by atoms with van der Waals surface area (Å²) in [7, 11) is -1.33. The number of hydrogen-bond donors (Lipinski definition) is 0. The number of benzene rings is 2. The summed E-state index contributed by atoms with van der Waals surface area (Å²) in [6.07, 6.45) is 1.18. The van der Waals surface area contributed by atoms with E-state index in [9.17, 15) is 12.8 Å². The van der Waals surface area contributed by atoms with Crippen molar-refractivity contribution in [3.63, 3.8) is 0 Å². The highest BCUT2D eigenvalue weighted by Gasteiger charge is 2.16. The number of hydrogen-bond acceptors (Lipinski definition) is 3. The fraction of sp³-hybridized carbons (Fsp3) is 0.294. The maximum Gasteiger partial charge on any atom is 0.175 e. The second kappa shape index (κ2) is 6.99. The van der Waals surface area contributed by atoms with E-state index in [0.29, 0.717) is 17.1 Å². The summed E-state index contributed by atoms with van der Waals surface area (Å²) in [6, 6.07) is 11.4. The van der Waals surface area contributed by atoms with Gasteiger partial charge in [-0.25, -0.2) is 12.8 Å². The fourth-order valence-electron chi connectivity index (χ4n) is 2.32. The summed E-state index contributed by atoms with van der Waals surface area (Å²) in [5, 5.41) is 0.400. The van der Waals surface area contributed by atoms with Crippen molar-refractivity contribution >= 4 is 21.4 Å². The third-order valence-electron chi connectivity index (χ3n) is 3.92. The van der Waals surface area contributed by atoms with Crippen LogP contribution >= 0.6 is 11.6 Å². The Labute approximate surface area is 141 Å². The molecule has 0 N–H and O–H groups in total. The van der Waals surface area contributed by atoms with Gasteiger partial charge < -0.3 is 0 Å². The van der Waals surface area contributed by atoms with Gasteiger partial charge in [0.15, 0.2) is 9.84 Å². The smallest absolute Gasteiger partial charge is 0.175 e. The van der Waals surface area contributed by atoms with Gasteiger partial charge in [-0.15, -0.1) is 0 Å². The molecule has 0 aliphatic heterocycles. The van der Waals surface area contributed by atoms with Crippen molar-refractivity contribution in [2.45, 2.75) is 24.4 Å². The molecule has 1 unspecified atom stereocenters. The zero-order valence-electron chi connectivity index (χ0n) is 13.3. The van der Waals surface area contributed by atoms with Gasteiger partial charge in [0.2, 0.25) is 0 Å². The van der Waals surface area contributed by atoms with E-state index in [4.69, 9.17) is 11.6 Å². The molecule has 6 heteroatoms. The minimum atomic E-state index is -3.21. The molecule has 0 fully saturated rings. The molecule has 0 aliphatic rings. The number of rotatable bonds is 5. The molecule has 0 saturated carbocycles. The Morgan fingerprint density at radius 1 is 1.17 bits per heavy atom. The van der Waals surface area contributed by atoms with Crippen LogP contribution in [0.25, 0.3) is 0 Å². The number of halogens is 2. The van der Waals surface area contributed by atoms with E-state index >= 15 is 0 Å². The molecule has 124 valence electrons. The monoisotopic (exact) mass is 355 g/mol. The lowest BCUT2D eigenvalue weighted by Crippen LogP contribution is -2.22. The van der Waals surface area contributed by atoms with Gasteiger partial charge in [0.05, 0.1) is 4.90 Å². The van der Waals surface area contributed by atoms with Gasteiger partial charge in [-0.2, -0.15) is 0 Å². The van der Waals surface area contributed by atoms with E-state index in [-0.39, 0.29) is 16.8 Å². The van der Waals surface area contributed by atoms with Crippen molar-refractivity contribution in [1.82, 2.24) is 4.90 Å². The molecular weight excluding hydrogens is 337 g/mol. The quantitative estimate of drug-likeness (QED) is 0.811. The van der Waals surface area contributed by atoms with Gasteiger partial charge in [0, 0.05) is 29.4 Å². The van der Waals surface area contributed by atoms with Crippen LogP contribution in [0.2, 0.25) is 5.02 Å². The van der Waals surface area contributed by atoms with Crippen LogP contribution in [0.5, 0.6) is 0 Å². The highest BCUT2D eigenvalue weighted by Crippen LogP contribution is 2.26. The van der Waals surface area contributed by atoms with Crippen molar-refractivity contribution in [3.05, 3.63) is 64.4 Å². The minimum Gasteiger partial charge on any atom is -0.295 e. The van der Waals surface area contributed by atoms with E-state index in [0.717, 1.165) is 5.56 Å². The Bertz CT molecular complexity index is 770. The summed E-state index contributed by atoms with van der Waals surface area (Å²) in [6.45, 7) is 2.34. The molecule has 3 nitrogen and oxygen atoms in total. The van der Waals surface area contributed by atoms with Crippen LogP contribution in [0, 0.1) is 5.82 Å². The Hall–Kier alpha value is -1.43. The molecule has 0 heterocycles.